The SMILES string of the molecule is CCCCCCCCc1cc(CCCCC)cc(C2=CC(CCCC)=C(c3cc(CCCCC)cc(CCCCCCCC)c3)[N+]2=[N-])c1.[CH3][Ni][CH3]. The standard InChI is InChI=1S/C46H72N2.2CH3.Ni/c1-6-11-16-18-20-24-28-39-31-38(26-22-13-8-3)33-43(34-39)45-37-42(30-15-10-5)46(48(45)47)44-35-40(27-23-14-9-4)32-41(36-44)29-25-21-19-17-12-7-2;;;/h31-37H,6-30H2,1-5H3;2*1H3;. The van der Waals surface area contributed by atoms with Gasteiger partial charge in [-0.05, 0) is 111 Å². The number of nitrogens with zero attached hydrogens (tertiary/aromatic N) is 2. The average molecular weight is 742 g/mol. The summed E-state index contributed by atoms with van der Waals surface area (Å²) in [5, 5.41) is 0. The molecule has 0 amide bonds. The van der Waals surface area contributed by atoms with Gasteiger partial charge in [-0.25, -0.2) is 4.70 Å². The molecule has 0 atom stereocenters. The van der Waals surface area contributed by atoms with Crippen LogP contribution in [0.25, 0.3) is 16.9 Å². The minimum atomic E-state index is 0.964. The van der Waals surface area contributed by atoms with Crippen molar-refractivity contribution < 1.29 is 19.1 Å². The summed E-state index contributed by atoms with van der Waals surface area (Å²) in [4.78, 5) is 0. The normalized spacial score (nSPS) is 12.8. The van der Waals surface area contributed by atoms with Crippen LogP contribution in [0.15, 0.2) is 48.0 Å². The fourth-order valence-corrected chi connectivity index (χ4v) is 7.39. The van der Waals surface area contributed by atoms with Crippen molar-refractivity contribution in [2.75, 3.05) is 0 Å². The van der Waals surface area contributed by atoms with E-state index in [0.29, 0.717) is 0 Å². The fraction of sp³-hybridized carbons (Fsp3) is 0.667. The summed E-state index contributed by atoms with van der Waals surface area (Å²) in [6.45, 7) is 11.4. The van der Waals surface area contributed by atoms with Crippen molar-refractivity contribution in [3.05, 3.63) is 87.0 Å². The summed E-state index contributed by atoms with van der Waals surface area (Å²) in [5.41, 5.74) is 23.5. The first-order valence-corrected chi connectivity index (χ1v) is 23.3. The Hall–Kier alpha value is -1.99. The Morgan fingerprint density at radius 3 is 1.18 bits per heavy atom. The zero-order chi connectivity index (χ0) is 37.1. The van der Waals surface area contributed by atoms with E-state index < -0.39 is 0 Å². The molecule has 3 rings (SSSR count). The quantitative estimate of drug-likeness (QED) is 0.0495. The third-order valence-corrected chi connectivity index (χ3v) is 10.3. The molecule has 1 heterocycles. The van der Waals surface area contributed by atoms with Gasteiger partial charge in [-0.3, -0.25) is 0 Å². The molecule has 0 unspecified atom stereocenters. The molecule has 2 aromatic carbocycles. The molecule has 51 heavy (non-hydrogen) atoms. The molecule has 2 aromatic rings. The molecule has 0 aliphatic carbocycles. The van der Waals surface area contributed by atoms with Crippen LogP contribution in [0.3, 0.4) is 0 Å². The van der Waals surface area contributed by atoms with Crippen molar-refractivity contribution in [2.24, 2.45) is 0 Å². The molecule has 290 valence electrons. The van der Waals surface area contributed by atoms with E-state index in [0.717, 1.165) is 56.3 Å². The average Bonchev–Trinajstić information content (AvgIpc) is 3.46. The molecule has 1 aliphatic rings. The zero-order valence-electron chi connectivity index (χ0n) is 34.4. The summed E-state index contributed by atoms with van der Waals surface area (Å²) in [7, 11) is 0. The van der Waals surface area contributed by atoms with Crippen molar-refractivity contribution in [2.45, 2.75) is 207 Å². The Morgan fingerprint density at radius 1 is 0.431 bits per heavy atom. The maximum atomic E-state index is 12.1. The predicted octanol–water partition coefficient (Wildman–Crippen LogP) is 16.1. The van der Waals surface area contributed by atoms with E-state index in [9.17, 15) is 5.53 Å². The van der Waals surface area contributed by atoms with Gasteiger partial charge < -0.3 is 5.53 Å². The van der Waals surface area contributed by atoms with E-state index in [2.05, 4.69) is 88.9 Å². The van der Waals surface area contributed by atoms with E-state index in [-0.39, 0.29) is 0 Å². The third-order valence-electron chi connectivity index (χ3n) is 10.3. The third kappa shape index (κ3) is 17.6. The Balaban J connectivity index is 0.00000290. The number of hydrogen-bond acceptors (Lipinski definition) is 0. The van der Waals surface area contributed by atoms with E-state index in [4.69, 9.17) is 0 Å². The molecule has 0 fully saturated rings. The van der Waals surface area contributed by atoms with Crippen molar-refractivity contribution in [3.63, 3.8) is 0 Å². The molecule has 0 saturated carbocycles. The van der Waals surface area contributed by atoms with Crippen LogP contribution in [-0.4, -0.2) is 4.70 Å². The summed E-state index contributed by atoms with van der Waals surface area (Å²) in [5.74, 6) is 4.12. The van der Waals surface area contributed by atoms with Crippen LogP contribution in [0.5, 0.6) is 0 Å². The van der Waals surface area contributed by atoms with Crippen LogP contribution < -0.4 is 0 Å². The van der Waals surface area contributed by atoms with Crippen LogP contribution in [0.4, 0.5) is 0 Å². The number of unbranched alkanes of at least 4 members (excludes halogenated alkanes) is 15. The van der Waals surface area contributed by atoms with Gasteiger partial charge in [0.05, 0.1) is 0 Å². The number of benzene rings is 2. The van der Waals surface area contributed by atoms with Crippen LogP contribution in [0.2, 0.25) is 11.8 Å². The van der Waals surface area contributed by atoms with Gasteiger partial charge in [-0.1, -0.05) is 143 Å². The van der Waals surface area contributed by atoms with Crippen molar-refractivity contribution in [1.29, 1.82) is 0 Å². The second kappa shape index (κ2) is 28.5. The van der Waals surface area contributed by atoms with Gasteiger partial charge in [0.1, 0.15) is 0 Å². The first kappa shape index (κ1) is 45.2. The summed E-state index contributed by atoms with van der Waals surface area (Å²) < 4.78 is 1.57. The van der Waals surface area contributed by atoms with Crippen LogP contribution >= 0.6 is 0 Å². The summed E-state index contributed by atoms with van der Waals surface area (Å²) in [6, 6.07) is 14.5. The number of aryl methyl sites for hydroxylation is 4. The van der Waals surface area contributed by atoms with E-state index in [1.54, 1.807) is 19.1 Å². The Kier molecular flexibility index (Phi) is 25.2. The van der Waals surface area contributed by atoms with E-state index in [1.165, 1.54) is 155 Å². The second-order valence-electron chi connectivity index (χ2n) is 15.2. The van der Waals surface area contributed by atoms with Crippen LogP contribution in [0, 0.1) is 0 Å². The second-order valence-corrected chi connectivity index (χ2v) is 16.1. The van der Waals surface area contributed by atoms with Gasteiger partial charge in [0, 0.05) is 22.8 Å². The molecule has 0 saturated heterocycles. The van der Waals surface area contributed by atoms with Crippen LogP contribution in [0.1, 0.15) is 203 Å². The monoisotopic (exact) mass is 741 g/mol. The van der Waals surface area contributed by atoms with Gasteiger partial charge >= 0.3 is 26.2 Å². The van der Waals surface area contributed by atoms with Gasteiger partial charge in [-0.15, -0.1) is 0 Å². The molecule has 0 radical (unpaired) electrons. The van der Waals surface area contributed by atoms with Gasteiger partial charge in [0.15, 0.2) is 0 Å². The number of hydrogen-bond donors (Lipinski definition) is 0. The summed E-state index contributed by atoms with van der Waals surface area (Å²) in [6.07, 6.45) is 33.5. The fourth-order valence-electron chi connectivity index (χ4n) is 7.39. The van der Waals surface area contributed by atoms with Crippen LogP contribution in [-0.2, 0) is 40.1 Å². The molecule has 0 bridgehead atoms. The maximum absolute atomic E-state index is 12.1. The van der Waals surface area contributed by atoms with E-state index >= 15 is 0 Å². The molecular weight excluding hydrogens is 663 g/mol. The first-order chi connectivity index (χ1) is 25.0. The van der Waals surface area contributed by atoms with Crippen molar-refractivity contribution in [3.8, 4) is 0 Å². The Labute approximate surface area is 323 Å². The molecule has 2 nitrogen and oxygen atoms in total. The molecule has 0 N–H and O–H groups in total. The Morgan fingerprint density at radius 2 is 0.765 bits per heavy atom. The number of rotatable bonds is 27. The molecule has 0 spiro atoms. The molecular formula is C48H78N2Ni. The topological polar surface area (TPSA) is 25.3 Å². The molecule has 0 aromatic heterocycles. The Bertz CT molecular complexity index is 1300. The van der Waals surface area contributed by atoms with E-state index in [1.807, 2.05) is 0 Å². The summed E-state index contributed by atoms with van der Waals surface area (Å²) >= 11 is 1.62. The van der Waals surface area contributed by atoms with Gasteiger partial charge in [0.2, 0.25) is 11.4 Å². The minimum absolute atomic E-state index is 0.964. The van der Waals surface area contributed by atoms with Crippen molar-refractivity contribution in [1.82, 2.24) is 0 Å². The molecule has 3 heteroatoms. The first-order valence-electron chi connectivity index (χ1n) is 21.4. The zero-order valence-corrected chi connectivity index (χ0v) is 35.4. The van der Waals surface area contributed by atoms with Gasteiger partial charge in [0.25, 0.3) is 0 Å². The predicted molar refractivity (Wildman–Crippen MR) is 223 cm³/mol. The van der Waals surface area contributed by atoms with Gasteiger partial charge in [-0.2, -0.15) is 0 Å². The number of allylic oxidation sites excluding steroid dienone is 2. The molecule has 1 aliphatic heterocycles. The van der Waals surface area contributed by atoms with Crippen molar-refractivity contribution >= 4 is 11.4 Å².